The van der Waals surface area contributed by atoms with E-state index in [0.29, 0.717) is 40.6 Å². The highest BCUT2D eigenvalue weighted by Crippen LogP contribution is 2.21. The van der Waals surface area contributed by atoms with Crippen LogP contribution in [0, 0.1) is 0 Å². The van der Waals surface area contributed by atoms with Gasteiger partial charge in [0.2, 0.25) is 0 Å². The van der Waals surface area contributed by atoms with Gasteiger partial charge in [0, 0.05) is 17.3 Å². The highest BCUT2D eigenvalue weighted by atomic mass is 35.5. The lowest BCUT2D eigenvalue weighted by Crippen LogP contribution is -2.40. The van der Waals surface area contributed by atoms with E-state index in [4.69, 9.17) is 20.8 Å². The van der Waals surface area contributed by atoms with Crippen molar-refractivity contribution >= 4 is 35.3 Å². The number of aromatic nitrogens is 2. The maximum atomic E-state index is 12.1. The van der Waals surface area contributed by atoms with Crippen LogP contribution >= 0.6 is 23.4 Å². The molecule has 0 atom stereocenters. The van der Waals surface area contributed by atoms with Crippen LogP contribution in [0.4, 0.5) is 4.79 Å². The standard InChI is InChI=1S/C17H19ClN4O4S/c1-17(2)14(23)22(15(24)19-17)8-3-9-27-16-21-20-13(26-16)10-25-12-6-4-11(18)5-7-12/h4-7H,3,8-10H2,1-2H3,(H,19,24). The smallest absolute Gasteiger partial charge is 0.325 e. The fraction of sp³-hybridized carbons (Fsp3) is 0.412. The summed E-state index contributed by atoms with van der Waals surface area (Å²) in [5.74, 6) is 1.44. The molecule has 0 radical (unpaired) electrons. The van der Waals surface area contributed by atoms with Crippen molar-refractivity contribution < 1.29 is 18.7 Å². The summed E-state index contributed by atoms with van der Waals surface area (Å²) in [6, 6.07) is 6.63. The van der Waals surface area contributed by atoms with Gasteiger partial charge < -0.3 is 14.5 Å². The molecular weight excluding hydrogens is 392 g/mol. The van der Waals surface area contributed by atoms with Crippen LogP contribution in [0.3, 0.4) is 0 Å². The molecule has 1 saturated heterocycles. The Morgan fingerprint density at radius 2 is 2.00 bits per heavy atom. The number of carbonyl (C=O) groups excluding carboxylic acids is 2. The molecule has 27 heavy (non-hydrogen) atoms. The molecule has 3 amide bonds. The molecule has 0 aliphatic carbocycles. The van der Waals surface area contributed by atoms with E-state index >= 15 is 0 Å². The normalized spacial score (nSPS) is 15.9. The van der Waals surface area contributed by atoms with Gasteiger partial charge in [-0.15, -0.1) is 10.2 Å². The monoisotopic (exact) mass is 410 g/mol. The molecule has 0 spiro atoms. The van der Waals surface area contributed by atoms with E-state index in [0.717, 1.165) is 0 Å². The molecule has 8 nitrogen and oxygen atoms in total. The number of hydrogen-bond donors (Lipinski definition) is 1. The Morgan fingerprint density at radius 1 is 1.26 bits per heavy atom. The Balaban J connectivity index is 1.40. The Morgan fingerprint density at radius 3 is 2.67 bits per heavy atom. The van der Waals surface area contributed by atoms with Crippen molar-refractivity contribution in [3.63, 3.8) is 0 Å². The van der Waals surface area contributed by atoms with Crippen LogP contribution in [0.1, 0.15) is 26.2 Å². The second kappa shape index (κ2) is 8.18. The molecule has 2 aromatic rings. The van der Waals surface area contributed by atoms with Gasteiger partial charge in [-0.3, -0.25) is 9.69 Å². The summed E-state index contributed by atoms with van der Waals surface area (Å²) in [5, 5.41) is 11.6. The van der Waals surface area contributed by atoms with Crippen LogP contribution in [0.25, 0.3) is 0 Å². The Kier molecular flexibility index (Phi) is 5.91. The fourth-order valence-corrected chi connectivity index (χ4v) is 3.26. The van der Waals surface area contributed by atoms with Crippen LogP contribution in [-0.2, 0) is 11.4 Å². The van der Waals surface area contributed by atoms with Crippen molar-refractivity contribution in [3.8, 4) is 5.75 Å². The molecule has 3 rings (SSSR count). The largest absolute Gasteiger partial charge is 0.484 e. The van der Waals surface area contributed by atoms with Crippen LogP contribution in [0.5, 0.6) is 5.75 Å². The summed E-state index contributed by atoms with van der Waals surface area (Å²) in [5.41, 5.74) is -0.838. The maximum Gasteiger partial charge on any atom is 0.325 e. The third-order valence-electron chi connectivity index (χ3n) is 3.82. The molecule has 1 aliphatic rings. The summed E-state index contributed by atoms with van der Waals surface area (Å²) >= 11 is 7.19. The van der Waals surface area contributed by atoms with E-state index in [2.05, 4.69) is 15.5 Å². The molecule has 10 heteroatoms. The zero-order valence-corrected chi connectivity index (χ0v) is 16.5. The van der Waals surface area contributed by atoms with E-state index in [-0.39, 0.29) is 18.5 Å². The van der Waals surface area contributed by atoms with Gasteiger partial charge >= 0.3 is 6.03 Å². The van der Waals surface area contributed by atoms with Gasteiger partial charge in [0.1, 0.15) is 11.3 Å². The minimum atomic E-state index is -0.838. The van der Waals surface area contributed by atoms with E-state index in [1.807, 2.05) is 0 Å². The predicted molar refractivity (Wildman–Crippen MR) is 99.7 cm³/mol. The predicted octanol–water partition coefficient (Wildman–Crippen LogP) is 3.11. The van der Waals surface area contributed by atoms with Crippen molar-refractivity contribution in [1.82, 2.24) is 20.4 Å². The first-order valence-electron chi connectivity index (χ1n) is 8.33. The number of hydrogen-bond acceptors (Lipinski definition) is 7. The van der Waals surface area contributed by atoms with E-state index in [1.54, 1.807) is 38.1 Å². The number of nitrogens with zero attached hydrogens (tertiary/aromatic N) is 3. The lowest BCUT2D eigenvalue weighted by atomic mass is 10.1. The number of imide groups is 1. The molecule has 1 fully saturated rings. The average molecular weight is 411 g/mol. The summed E-state index contributed by atoms with van der Waals surface area (Å²) in [4.78, 5) is 25.1. The number of thioether (sulfide) groups is 1. The van der Waals surface area contributed by atoms with E-state index in [1.165, 1.54) is 16.7 Å². The van der Waals surface area contributed by atoms with Gasteiger partial charge in [0.05, 0.1) is 0 Å². The van der Waals surface area contributed by atoms with Gasteiger partial charge in [-0.1, -0.05) is 23.4 Å². The SMILES string of the molecule is CC1(C)NC(=O)N(CCCSc2nnc(COc3ccc(Cl)cc3)o2)C1=O. The molecule has 1 aliphatic heterocycles. The van der Waals surface area contributed by atoms with Gasteiger partial charge in [0.15, 0.2) is 6.61 Å². The van der Waals surface area contributed by atoms with Gasteiger partial charge in [-0.25, -0.2) is 4.79 Å². The van der Waals surface area contributed by atoms with E-state index < -0.39 is 5.54 Å². The highest BCUT2D eigenvalue weighted by molar-refractivity contribution is 7.99. The third-order valence-corrected chi connectivity index (χ3v) is 4.98. The maximum absolute atomic E-state index is 12.1. The third kappa shape index (κ3) is 4.92. The molecule has 0 bridgehead atoms. The number of rotatable bonds is 8. The first kappa shape index (κ1) is 19.5. The number of ether oxygens (including phenoxy) is 1. The molecule has 1 aromatic carbocycles. The van der Waals surface area contributed by atoms with Crippen LogP contribution < -0.4 is 10.1 Å². The first-order chi connectivity index (χ1) is 12.8. The van der Waals surface area contributed by atoms with Crippen LogP contribution in [0.2, 0.25) is 5.02 Å². The minimum absolute atomic E-state index is 0.159. The zero-order chi connectivity index (χ0) is 19.4. The van der Waals surface area contributed by atoms with E-state index in [9.17, 15) is 9.59 Å². The van der Waals surface area contributed by atoms with Gasteiger partial charge in [-0.05, 0) is 44.5 Å². The lowest BCUT2D eigenvalue weighted by Gasteiger charge is -2.15. The summed E-state index contributed by atoms with van der Waals surface area (Å²) in [6.45, 7) is 3.89. The summed E-state index contributed by atoms with van der Waals surface area (Å²) < 4.78 is 11.1. The van der Waals surface area contributed by atoms with Crippen LogP contribution in [0.15, 0.2) is 33.9 Å². The highest BCUT2D eigenvalue weighted by Gasteiger charge is 2.43. The van der Waals surface area contributed by atoms with Crippen molar-refractivity contribution in [1.29, 1.82) is 0 Å². The molecule has 0 saturated carbocycles. The van der Waals surface area contributed by atoms with Crippen molar-refractivity contribution in [2.75, 3.05) is 12.3 Å². The van der Waals surface area contributed by atoms with Crippen molar-refractivity contribution in [2.24, 2.45) is 0 Å². The average Bonchev–Trinajstić information content (AvgIpc) is 3.15. The second-order valence-electron chi connectivity index (χ2n) is 6.42. The molecule has 0 unspecified atom stereocenters. The number of urea groups is 1. The summed E-state index contributed by atoms with van der Waals surface area (Å²) in [6.07, 6.45) is 0.624. The quantitative estimate of drug-likeness (QED) is 0.405. The fourth-order valence-electron chi connectivity index (χ4n) is 2.43. The molecular formula is C17H19ClN4O4S. The number of nitrogens with one attached hydrogen (secondary N) is 1. The number of carbonyl (C=O) groups is 2. The number of amides is 3. The Bertz CT molecular complexity index is 825. The zero-order valence-electron chi connectivity index (χ0n) is 14.9. The number of halogens is 1. The molecule has 144 valence electrons. The molecule has 2 heterocycles. The van der Waals surface area contributed by atoms with Crippen molar-refractivity contribution in [3.05, 3.63) is 35.2 Å². The Hall–Kier alpha value is -2.26. The van der Waals surface area contributed by atoms with Crippen molar-refractivity contribution in [2.45, 2.75) is 37.6 Å². The Labute approximate surface area is 165 Å². The topological polar surface area (TPSA) is 97.6 Å². The molecule has 1 N–H and O–H groups in total. The van der Waals surface area contributed by atoms with Gasteiger partial charge in [0.25, 0.3) is 17.0 Å². The number of benzene rings is 1. The lowest BCUT2D eigenvalue weighted by molar-refractivity contribution is -0.130. The molecule has 1 aromatic heterocycles. The first-order valence-corrected chi connectivity index (χ1v) is 9.69. The van der Waals surface area contributed by atoms with Crippen LogP contribution in [-0.4, -0.2) is 44.9 Å². The second-order valence-corrected chi connectivity index (χ2v) is 7.90. The summed E-state index contributed by atoms with van der Waals surface area (Å²) in [7, 11) is 0. The minimum Gasteiger partial charge on any atom is -0.484 e. The van der Waals surface area contributed by atoms with Gasteiger partial charge in [-0.2, -0.15) is 0 Å².